The number of hydrogen-bond acceptors (Lipinski definition) is 2. The second-order valence-corrected chi connectivity index (χ2v) is 3.93. The molecule has 0 spiro atoms. The number of nitrogens with zero attached hydrogens (tertiary/aromatic N) is 1. The topological polar surface area (TPSA) is 76.4 Å². The van der Waals surface area contributed by atoms with E-state index in [2.05, 4.69) is 10.3 Å². The normalized spacial score (nSPS) is 9.78. The zero-order valence-corrected chi connectivity index (χ0v) is 10.0. The summed E-state index contributed by atoms with van der Waals surface area (Å²) in [5.74, 6) is 0.108. The van der Waals surface area contributed by atoms with E-state index in [0.29, 0.717) is 6.54 Å². The molecule has 2 aromatic rings. The Labute approximate surface area is 106 Å². The largest absolute Gasteiger partial charge is 0.370 e. The van der Waals surface area contributed by atoms with Gasteiger partial charge >= 0.3 is 0 Å². The Morgan fingerprint density at radius 1 is 0.944 bits per heavy atom. The molecule has 2 rings (SSSR count). The van der Waals surface area contributed by atoms with E-state index in [-0.39, 0.29) is 5.96 Å². The van der Waals surface area contributed by atoms with Crippen molar-refractivity contribution in [3.63, 3.8) is 0 Å². The number of nitrogens with two attached hydrogens (primary N) is 2. The molecule has 5 N–H and O–H groups in total. The number of benzene rings is 2. The molecule has 2 aromatic carbocycles. The quantitative estimate of drug-likeness (QED) is 0.566. The van der Waals surface area contributed by atoms with E-state index in [1.54, 1.807) is 0 Å². The van der Waals surface area contributed by atoms with Gasteiger partial charge in [0.1, 0.15) is 0 Å². The van der Waals surface area contributed by atoms with Crippen molar-refractivity contribution in [3.05, 3.63) is 60.2 Å². The van der Waals surface area contributed by atoms with Crippen LogP contribution in [0.2, 0.25) is 0 Å². The lowest BCUT2D eigenvalue weighted by molar-refractivity contribution is 1.05. The van der Waals surface area contributed by atoms with Crippen LogP contribution in [0.4, 0.5) is 11.4 Å². The zero-order chi connectivity index (χ0) is 12.8. The average molecular weight is 240 g/mol. The van der Waals surface area contributed by atoms with Gasteiger partial charge in [0.2, 0.25) is 0 Å². The lowest BCUT2D eigenvalue weighted by Gasteiger charge is -2.07. The first-order valence-corrected chi connectivity index (χ1v) is 5.70. The lowest BCUT2D eigenvalue weighted by atomic mass is 10.2. The van der Waals surface area contributed by atoms with Crippen molar-refractivity contribution in [2.24, 2.45) is 16.5 Å². The molecule has 4 nitrogen and oxygen atoms in total. The van der Waals surface area contributed by atoms with Crippen LogP contribution in [-0.2, 0) is 6.54 Å². The molecule has 0 bridgehead atoms. The average Bonchev–Trinajstić information content (AvgIpc) is 2.38. The highest BCUT2D eigenvalue weighted by atomic mass is 15.0. The van der Waals surface area contributed by atoms with Crippen LogP contribution in [0.1, 0.15) is 5.56 Å². The minimum absolute atomic E-state index is 0.108. The van der Waals surface area contributed by atoms with Gasteiger partial charge < -0.3 is 16.8 Å². The molecule has 18 heavy (non-hydrogen) atoms. The minimum atomic E-state index is 0.108. The third kappa shape index (κ3) is 3.52. The van der Waals surface area contributed by atoms with Gasteiger partial charge in [0.05, 0.1) is 6.54 Å². The fourth-order valence-corrected chi connectivity index (χ4v) is 1.62. The fourth-order valence-electron chi connectivity index (χ4n) is 1.62. The van der Waals surface area contributed by atoms with Crippen LogP contribution < -0.4 is 16.8 Å². The highest BCUT2D eigenvalue weighted by Gasteiger charge is 1.96. The number of hydrogen-bond donors (Lipinski definition) is 3. The summed E-state index contributed by atoms with van der Waals surface area (Å²) in [5, 5.41) is 3.32. The van der Waals surface area contributed by atoms with Crippen LogP contribution in [-0.4, -0.2) is 5.96 Å². The summed E-state index contributed by atoms with van der Waals surface area (Å²) in [6.45, 7) is 0.493. The molecule has 0 atom stereocenters. The van der Waals surface area contributed by atoms with Gasteiger partial charge in [-0.3, -0.25) is 0 Å². The Hall–Kier alpha value is -2.49. The van der Waals surface area contributed by atoms with Gasteiger partial charge in [-0.1, -0.05) is 30.3 Å². The van der Waals surface area contributed by atoms with Gasteiger partial charge in [-0.2, -0.15) is 0 Å². The maximum Gasteiger partial charge on any atom is 0.186 e. The van der Waals surface area contributed by atoms with Gasteiger partial charge in [0, 0.05) is 11.4 Å². The molecule has 0 heterocycles. The summed E-state index contributed by atoms with van der Waals surface area (Å²) in [6.07, 6.45) is 0. The monoisotopic (exact) mass is 240 g/mol. The van der Waals surface area contributed by atoms with Crippen molar-refractivity contribution >= 4 is 17.3 Å². The number of guanidine groups is 1. The minimum Gasteiger partial charge on any atom is -0.370 e. The highest BCUT2D eigenvalue weighted by molar-refractivity contribution is 5.75. The van der Waals surface area contributed by atoms with Crippen LogP contribution in [0, 0.1) is 0 Å². The van der Waals surface area contributed by atoms with E-state index in [4.69, 9.17) is 11.5 Å². The Morgan fingerprint density at radius 3 is 2.39 bits per heavy atom. The molecule has 0 amide bonds. The van der Waals surface area contributed by atoms with Gasteiger partial charge in [0.25, 0.3) is 0 Å². The number of nitrogens with one attached hydrogen (secondary N) is 1. The van der Waals surface area contributed by atoms with Crippen molar-refractivity contribution in [3.8, 4) is 0 Å². The summed E-state index contributed by atoms with van der Waals surface area (Å²) in [6, 6.07) is 18.0. The van der Waals surface area contributed by atoms with Crippen LogP contribution >= 0.6 is 0 Å². The predicted molar refractivity (Wildman–Crippen MR) is 75.7 cm³/mol. The number of aliphatic imine (C=N–C) groups is 1. The molecule has 0 aliphatic heterocycles. The molecule has 0 aliphatic rings. The van der Waals surface area contributed by atoms with Gasteiger partial charge in [0.15, 0.2) is 5.96 Å². The Morgan fingerprint density at radius 2 is 1.67 bits per heavy atom. The fraction of sp³-hybridized carbons (Fsp3) is 0.0714. The molecule has 0 unspecified atom stereocenters. The first kappa shape index (κ1) is 12.0. The molecule has 0 aromatic heterocycles. The lowest BCUT2D eigenvalue weighted by Crippen LogP contribution is -2.22. The van der Waals surface area contributed by atoms with Crippen molar-refractivity contribution in [1.82, 2.24) is 0 Å². The van der Waals surface area contributed by atoms with E-state index in [0.717, 1.165) is 16.9 Å². The van der Waals surface area contributed by atoms with Crippen molar-refractivity contribution < 1.29 is 0 Å². The maximum atomic E-state index is 5.31. The maximum absolute atomic E-state index is 5.31. The van der Waals surface area contributed by atoms with E-state index in [1.165, 1.54) is 0 Å². The van der Waals surface area contributed by atoms with E-state index in [1.807, 2.05) is 54.6 Å². The van der Waals surface area contributed by atoms with E-state index >= 15 is 0 Å². The molecular formula is C14H16N4. The molecule has 92 valence electrons. The first-order chi connectivity index (χ1) is 8.74. The number of rotatable bonds is 4. The second kappa shape index (κ2) is 5.72. The number of para-hydroxylation sites is 1. The summed E-state index contributed by atoms with van der Waals surface area (Å²) >= 11 is 0. The zero-order valence-electron chi connectivity index (χ0n) is 10.0. The Kier molecular flexibility index (Phi) is 3.81. The summed E-state index contributed by atoms with van der Waals surface area (Å²) in [4.78, 5) is 3.99. The Bertz CT molecular complexity index is 531. The van der Waals surface area contributed by atoms with Crippen LogP contribution in [0.15, 0.2) is 59.6 Å². The third-order valence-electron chi connectivity index (χ3n) is 2.43. The smallest absolute Gasteiger partial charge is 0.186 e. The molecule has 0 radical (unpaired) electrons. The van der Waals surface area contributed by atoms with Gasteiger partial charge in [-0.25, -0.2) is 4.99 Å². The van der Waals surface area contributed by atoms with Crippen molar-refractivity contribution in [2.45, 2.75) is 6.54 Å². The van der Waals surface area contributed by atoms with Crippen LogP contribution in [0.5, 0.6) is 0 Å². The predicted octanol–water partition coefficient (Wildman–Crippen LogP) is 2.20. The van der Waals surface area contributed by atoms with Gasteiger partial charge in [-0.05, 0) is 29.8 Å². The molecule has 0 aliphatic carbocycles. The van der Waals surface area contributed by atoms with Gasteiger partial charge in [-0.15, -0.1) is 0 Å². The van der Waals surface area contributed by atoms with Crippen LogP contribution in [0.3, 0.4) is 0 Å². The van der Waals surface area contributed by atoms with Crippen molar-refractivity contribution in [1.29, 1.82) is 0 Å². The molecule has 0 saturated heterocycles. The second-order valence-electron chi connectivity index (χ2n) is 3.93. The standard InChI is InChI=1S/C14H16N4/c15-14(16)17-10-11-5-4-8-13(9-11)18-12-6-2-1-3-7-12/h1-9,18H,10H2,(H4,15,16,17). The summed E-state index contributed by atoms with van der Waals surface area (Å²) in [7, 11) is 0. The Balaban J connectivity index is 2.10. The highest BCUT2D eigenvalue weighted by Crippen LogP contribution is 2.17. The molecule has 0 saturated carbocycles. The van der Waals surface area contributed by atoms with Crippen LogP contribution in [0.25, 0.3) is 0 Å². The summed E-state index contributed by atoms with van der Waals surface area (Å²) in [5.41, 5.74) is 13.8. The molecule has 0 fully saturated rings. The first-order valence-electron chi connectivity index (χ1n) is 5.70. The van der Waals surface area contributed by atoms with E-state index < -0.39 is 0 Å². The summed E-state index contributed by atoms with van der Waals surface area (Å²) < 4.78 is 0. The van der Waals surface area contributed by atoms with Crippen molar-refractivity contribution in [2.75, 3.05) is 5.32 Å². The SMILES string of the molecule is NC(N)=NCc1cccc(Nc2ccccc2)c1. The number of anilines is 2. The van der Waals surface area contributed by atoms with E-state index in [9.17, 15) is 0 Å². The third-order valence-corrected chi connectivity index (χ3v) is 2.43. The molecular weight excluding hydrogens is 224 g/mol. The molecule has 4 heteroatoms.